The molecule has 0 spiro atoms. The van der Waals surface area contributed by atoms with Crippen LogP contribution in [0.25, 0.3) is 0 Å². The fourth-order valence-corrected chi connectivity index (χ4v) is 3.99. The Kier molecular flexibility index (Phi) is 4.77. The molecule has 0 aliphatic carbocycles. The number of hydrogen-bond acceptors (Lipinski definition) is 4. The summed E-state index contributed by atoms with van der Waals surface area (Å²) in [6, 6.07) is 8.82. The lowest BCUT2D eigenvalue weighted by Crippen LogP contribution is -2.40. The van der Waals surface area contributed by atoms with Gasteiger partial charge in [0.2, 0.25) is 0 Å². The average Bonchev–Trinajstić information content (AvgIpc) is 2.88. The molecule has 1 aromatic rings. The van der Waals surface area contributed by atoms with Crippen LogP contribution in [0.15, 0.2) is 29.2 Å². The standard InChI is InChI=1S/C15H22N2OS/c1-2-4-15-14(3-1)13(12-19-15)11-16-5-6-17-7-9-18-10-8-17/h1-4,13,16H,5-12H2. The molecule has 0 aromatic heterocycles. The third-order valence-corrected chi connectivity index (χ3v) is 5.15. The van der Waals surface area contributed by atoms with Gasteiger partial charge >= 0.3 is 0 Å². The van der Waals surface area contributed by atoms with Gasteiger partial charge in [-0.2, -0.15) is 0 Å². The largest absolute Gasteiger partial charge is 0.379 e. The second-order valence-electron chi connectivity index (χ2n) is 5.20. The van der Waals surface area contributed by atoms with E-state index in [2.05, 4.69) is 34.5 Å². The highest BCUT2D eigenvalue weighted by Gasteiger charge is 2.22. The minimum Gasteiger partial charge on any atom is -0.379 e. The Morgan fingerprint density at radius 1 is 1.26 bits per heavy atom. The van der Waals surface area contributed by atoms with Crippen molar-refractivity contribution in [2.45, 2.75) is 10.8 Å². The van der Waals surface area contributed by atoms with E-state index < -0.39 is 0 Å². The predicted molar refractivity (Wildman–Crippen MR) is 80.0 cm³/mol. The summed E-state index contributed by atoms with van der Waals surface area (Å²) in [6.45, 7) is 7.30. The van der Waals surface area contributed by atoms with Crippen molar-refractivity contribution in [1.82, 2.24) is 10.2 Å². The molecule has 1 N–H and O–H groups in total. The number of hydrogen-bond donors (Lipinski definition) is 1. The molecular formula is C15H22N2OS. The minimum atomic E-state index is 0.686. The molecule has 1 atom stereocenters. The molecule has 0 saturated carbocycles. The van der Waals surface area contributed by atoms with Crippen LogP contribution in [0.5, 0.6) is 0 Å². The molecule has 3 nitrogen and oxygen atoms in total. The Balaban J connectivity index is 1.39. The first-order chi connectivity index (χ1) is 9.43. The zero-order valence-corrected chi connectivity index (χ0v) is 12.1. The van der Waals surface area contributed by atoms with Crippen LogP contribution >= 0.6 is 11.8 Å². The Hall–Kier alpha value is -0.550. The lowest BCUT2D eigenvalue weighted by atomic mass is 10.0. The van der Waals surface area contributed by atoms with Crippen molar-refractivity contribution in [2.24, 2.45) is 0 Å². The van der Waals surface area contributed by atoms with E-state index in [4.69, 9.17) is 4.74 Å². The average molecular weight is 278 g/mol. The van der Waals surface area contributed by atoms with Crippen molar-refractivity contribution in [3.05, 3.63) is 29.8 Å². The van der Waals surface area contributed by atoms with Gasteiger partial charge in [-0.25, -0.2) is 0 Å². The third kappa shape index (κ3) is 3.51. The van der Waals surface area contributed by atoms with E-state index in [1.807, 2.05) is 11.8 Å². The molecule has 0 radical (unpaired) electrons. The molecule has 1 saturated heterocycles. The first-order valence-electron chi connectivity index (χ1n) is 7.16. The molecule has 2 aliphatic rings. The number of rotatable bonds is 5. The minimum absolute atomic E-state index is 0.686. The van der Waals surface area contributed by atoms with Crippen molar-refractivity contribution in [2.75, 3.05) is 51.7 Å². The van der Waals surface area contributed by atoms with Gasteiger partial charge in [0.25, 0.3) is 0 Å². The van der Waals surface area contributed by atoms with Gasteiger partial charge in [-0.05, 0) is 11.6 Å². The van der Waals surface area contributed by atoms with E-state index in [0.717, 1.165) is 45.9 Å². The molecule has 1 fully saturated rings. The molecular weight excluding hydrogens is 256 g/mol. The number of thioether (sulfide) groups is 1. The molecule has 2 heterocycles. The quantitative estimate of drug-likeness (QED) is 0.830. The van der Waals surface area contributed by atoms with Crippen LogP contribution in [0.3, 0.4) is 0 Å². The van der Waals surface area contributed by atoms with Crippen LogP contribution in [-0.2, 0) is 4.74 Å². The molecule has 2 aliphatic heterocycles. The van der Waals surface area contributed by atoms with Crippen LogP contribution in [0.4, 0.5) is 0 Å². The van der Waals surface area contributed by atoms with E-state index >= 15 is 0 Å². The van der Waals surface area contributed by atoms with Crippen LogP contribution in [0, 0.1) is 0 Å². The lowest BCUT2D eigenvalue weighted by Gasteiger charge is -2.26. The van der Waals surface area contributed by atoms with Gasteiger partial charge in [-0.15, -0.1) is 11.8 Å². The topological polar surface area (TPSA) is 24.5 Å². The molecule has 1 unspecified atom stereocenters. The zero-order chi connectivity index (χ0) is 12.9. The Morgan fingerprint density at radius 2 is 2.11 bits per heavy atom. The summed E-state index contributed by atoms with van der Waals surface area (Å²) in [5.41, 5.74) is 1.53. The Labute approximate surface area is 119 Å². The number of ether oxygens (including phenoxy) is 1. The maximum absolute atomic E-state index is 5.36. The molecule has 0 bridgehead atoms. The molecule has 19 heavy (non-hydrogen) atoms. The lowest BCUT2D eigenvalue weighted by molar-refractivity contribution is 0.0384. The number of benzene rings is 1. The van der Waals surface area contributed by atoms with Gasteiger partial charge in [0.05, 0.1) is 13.2 Å². The van der Waals surface area contributed by atoms with E-state index in [1.54, 1.807) is 0 Å². The summed E-state index contributed by atoms with van der Waals surface area (Å²) >= 11 is 2.00. The molecule has 104 valence electrons. The predicted octanol–water partition coefficient (Wildman–Crippen LogP) is 1.80. The highest BCUT2D eigenvalue weighted by atomic mass is 32.2. The van der Waals surface area contributed by atoms with Crippen LogP contribution in [0.2, 0.25) is 0 Å². The van der Waals surface area contributed by atoms with E-state index in [0.29, 0.717) is 5.92 Å². The first kappa shape index (κ1) is 13.4. The SMILES string of the molecule is c1ccc2c(c1)SCC2CNCCN1CCOCC1. The zero-order valence-electron chi connectivity index (χ0n) is 11.3. The van der Waals surface area contributed by atoms with E-state index in [9.17, 15) is 0 Å². The molecule has 1 aromatic carbocycles. The fourth-order valence-electron chi connectivity index (χ4n) is 2.74. The van der Waals surface area contributed by atoms with Crippen molar-refractivity contribution < 1.29 is 4.74 Å². The summed E-state index contributed by atoms with van der Waals surface area (Å²) in [4.78, 5) is 3.95. The summed E-state index contributed by atoms with van der Waals surface area (Å²) in [5, 5.41) is 3.62. The summed E-state index contributed by atoms with van der Waals surface area (Å²) < 4.78 is 5.36. The normalized spacial score (nSPS) is 23.5. The van der Waals surface area contributed by atoms with Crippen molar-refractivity contribution in [3.63, 3.8) is 0 Å². The third-order valence-electron chi connectivity index (χ3n) is 3.90. The smallest absolute Gasteiger partial charge is 0.0594 e. The van der Waals surface area contributed by atoms with Gasteiger partial charge in [-0.3, -0.25) is 4.90 Å². The Morgan fingerprint density at radius 3 is 3.00 bits per heavy atom. The Bertz CT molecular complexity index is 407. The van der Waals surface area contributed by atoms with Gasteiger partial charge in [0.15, 0.2) is 0 Å². The van der Waals surface area contributed by atoms with Crippen molar-refractivity contribution in [3.8, 4) is 0 Å². The second kappa shape index (κ2) is 6.75. The maximum atomic E-state index is 5.36. The van der Waals surface area contributed by atoms with Crippen LogP contribution < -0.4 is 5.32 Å². The number of nitrogens with one attached hydrogen (secondary N) is 1. The molecule has 0 amide bonds. The van der Waals surface area contributed by atoms with E-state index in [1.165, 1.54) is 16.2 Å². The van der Waals surface area contributed by atoms with Crippen LogP contribution in [0.1, 0.15) is 11.5 Å². The van der Waals surface area contributed by atoms with Crippen molar-refractivity contribution in [1.29, 1.82) is 0 Å². The van der Waals surface area contributed by atoms with Crippen LogP contribution in [-0.4, -0.2) is 56.6 Å². The first-order valence-corrected chi connectivity index (χ1v) is 8.14. The number of morpholine rings is 1. The van der Waals surface area contributed by atoms with Crippen molar-refractivity contribution >= 4 is 11.8 Å². The fraction of sp³-hybridized carbons (Fsp3) is 0.600. The molecule has 4 heteroatoms. The van der Waals surface area contributed by atoms with Gasteiger partial charge in [0, 0.05) is 49.3 Å². The monoisotopic (exact) mass is 278 g/mol. The summed E-state index contributed by atoms with van der Waals surface area (Å²) in [7, 11) is 0. The van der Waals surface area contributed by atoms with E-state index in [-0.39, 0.29) is 0 Å². The summed E-state index contributed by atoms with van der Waals surface area (Å²) in [5.74, 6) is 1.91. The number of fused-ring (bicyclic) bond motifs is 1. The highest BCUT2D eigenvalue weighted by molar-refractivity contribution is 7.99. The summed E-state index contributed by atoms with van der Waals surface area (Å²) in [6.07, 6.45) is 0. The van der Waals surface area contributed by atoms with Gasteiger partial charge < -0.3 is 10.1 Å². The highest BCUT2D eigenvalue weighted by Crippen LogP contribution is 2.38. The van der Waals surface area contributed by atoms with Gasteiger partial charge in [0.1, 0.15) is 0 Å². The van der Waals surface area contributed by atoms with Gasteiger partial charge in [-0.1, -0.05) is 18.2 Å². The maximum Gasteiger partial charge on any atom is 0.0594 e. The number of nitrogens with zero attached hydrogens (tertiary/aromatic N) is 1. The second-order valence-corrected chi connectivity index (χ2v) is 6.27. The molecule has 3 rings (SSSR count).